The van der Waals surface area contributed by atoms with E-state index in [4.69, 9.17) is 5.14 Å². The van der Waals surface area contributed by atoms with E-state index < -0.39 is 46.6 Å². The van der Waals surface area contributed by atoms with Crippen molar-refractivity contribution in [2.75, 3.05) is 12.0 Å². The lowest BCUT2D eigenvalue weighted by Gasteiger charge is -2.37. The third-order valence-electron chi connectivity index (χ3n) is 5.23. The Kier molecular flexibility index (Phi) is 6.11. The minimum Gasteiger partial charge on any atom is -0.383 e. The Bertz CT molecular complexity index is 1290. The fourth-order valence-electron chi connectivity index (χ4n) is 3.24. The molecular formula is C20H24F2N4O4S2. The Labute approximate surface area is 183 Å². The van der Waals surface area contributed by atoms with Gasteiger partial charge >= 0.3 is 0 Å². The van der Waals surface area contributed by atoms with Crippen LogP contribution in [0, 0.1) is 18.6 Å². The highest BCUT2D eigenvalue weighted by molar-refractivity contribution is 8.80. The Balaban J connectivity index is 2.00. The molecule has 32 heavy (non-hydrogen) atoms. The molecule has 1 aromatic heterocycles. The van der Waals surface area contributed by atoms with Crippen LogP contribution in [0.1, 0.15) is 17.5 Å². The van der Waals surface area contributed by atoms with Gasteiger partial charge in [-0.1, -0.05) is 23.8 Å². The van der Waals surface area contributed by atoms with Gasteiger partial charge in [0.1, 0.15) is 29.9 Å². The Hall–Kier alpha value is -2.54. The molecule has 0 fully saturated rings. The third-order valence-corrected chi connectivity index (χ3v) is 13.1. The van der Waals surface area contributed by atoms with E-state index in [1.54, 1.807) is 19.1 Å². The van der Waals surface area contributed by atoms with E-state index >= 15 is 0 Å². The van der Waals surface area contributed by atoms with Gasteiger partial charge in [-0.05, 0) is 31.5 Å². The van der Waals surface area contributed by atoms with Gasteiger partial charge in [-0.25, -0.2) is 26.9 Å². The second kappa shape index (κ2) is 8.10. The average molecular weight is 487 g/mol. The van der Waals surface area contributed by atoms with Crippen LogP contribution in [0.3, 0.4) is 0 Å². The van der Waals surface area contributed by atoms with Crippen molar-refractivity contribution in [1.82, 2.24) is 14.8 Å². The first kappa shape index (κ1) is 24.1. The number of nitrogens with two attached hydrogens (primary N) is 1. The molecule has 174 valence electrons. The maximum Gasteiger partial charge on any atom is 0.247 e. The van der Waals surface area contributed by atoms with Crippen LogP contribution in [0.15, 0.2) is 60.0 Å². The predicted molar refractivity (Wildman–Crippen MR) is 116 cm³/mol. The highest BCUT2D eigenvalue weighted by Gasteiger charge is 2.45. The summed E-state index contributed by atoms with van der Waals surface area (Å²) in [4.78, 5) is 3.53. The van der Waals surface area contributed by atoms with Crippen molar-refractivity contribution in [2.45, 2.75) is 30.4 Å². The standard InChI is InChI=1S/C20H24F2N4O4S2/c1-15-3-6-17(7-4-15)31(28,29)32(2,23,30)10-9-20(27,12-26-14-24-13-25-26)18-8-5-16(21)11-19(18)22/h3-8,11,13-14,27H,9-10,12H2,1-2H3,(H2,23,30)/t20-/m0/s1. The van der Waals surface area contributed by atoms with Crippen molar-refractivity contribution in [3.8, 4) is 0 Å². The fraction of sp³-hybridized carbons (Fsp3) is 0.300. The Morgan fingerprint density at radius 1 is 1.19 bits per heavy atom. The second-order valence-corrected chi connectivity index (χ2v) is 16.8. The molecule has 0 aliphatic heterocycles. The molecule has 2 aromatic carbocycles. The number of hydrogen-bond donors (Lipinski definition) is 2. The quantitative estimate of drug-likeness (QED) is 0.468. The molecule has 0 bridgehead atoms. The highest BCUT2D eigenvalue weighted by atomic mass is 33.2. The molecule has 0 amide bonds. The molecule has 0 unspecified atom stereocenters. The average Bonchev–Trinajstić information content (AvgIpc) is 3.19. The number of aromatic nitrogens is 3. The Morgan fingerprint density at radius 2 is 1.84 bits per heavy atom. The van der Waals surface area contributed by atoms with Gasteiger partial charge < -0.3 is 5.11 Å². The predicted octanol–water partition coefficient (Wildman–Crippen LogP) is 1.86. The lowest BCUT2D eigenvalue weighted by molar-refractivity contribution is 0.00836. The topological polar surface area (TPSA) is 128 Å². The Morgan fingerprint density at radius 3 is 2.41 bits per heavy atom. The molecule has 0 aliphatic carbocycles. The van der Waals surface area contributed by atoms with Gasteiger partial charge in [0.25, 0.3) is 0 Å². The van der Waals surface area contributed by atoms with Crippen molar-refractivity contribution < 1.29 is 26.5 Å². The molecule has 8 nitrogen and oxygen atoms in total. The lowest BCUT2D eigenvalue weighted by atomic mass is 9.90. The number of rotatable bonds is 8. The van der Waals surface area contributed by atoms with Gasteiger partial charge in [-0.3, -0.25) is 9.35 Å². The molecule has 0 saturated carbocycles. The summed E-state index contributed by atoms with van der Waals surface area (Å²) < 4.78 is 69.1. The van der Waals surface area contributed by atoms with Crippen molar-refractivity contribution >= 4 is 17.2 Å². The maximum atomic E-state index is 14.6. The van der Waals surface area contributed by atoms with Crippen LogP contribution in [0.2, 0.25) is 0 Å². The zero-order chi connectivity index (χ0) is 23.8. The van der Waals surface area contributed by atoms with E-state index in [1.165, 1.54) is 29.5 Å². The molecule has 3 aromatic rings. The summed E-state index contributed by atoms with van der Waals surface area (Å²) in [5.74, 6) is -2.59. The van der Waals surface area contributed by atoms with Crippen LogP contribution in [-0.4, -0.2) is 44.5 Å². The van der Waals surface area contributed by atoms with Crippen LogP contribution < -0.4 is 5.14 Å². The molecule has 3 N–H and O–H groups in total. The summed E-state index contributed by atoms with van der Waals surface area (Å²) in [6, 6.07) is 8.28. The normalized spacial score (nSPS) is 15.6. The highest BCUT2D eigenvalue weighted by Crippen LogP contribution is 2.36. The number of hydrogen-bond acceptors (Lipinski definition) is 6. The van der Waals surface area contributed by atoms with Crippen molar-refractivity contribution in [1.29, 1.82) is 0 Å². The summed E-state index contributed by atoms with van der Waals surface area (Å²) in [5.41, 5.74) is -1.62. The summed E-state index contributed by atoms with van der Waals surface area (Å²) >= 11 is 0. The van der Waals surface area contributed by atoms with Crippen molar-refractivity contribution in [3.63, 3.8) is 0 Å². The molecular weight excluding hydrogens is 462 g/mol. The first-order chi connectivity index (χ1) is 14.7. The van der Waals surface area contributed by atoms with Crippen LogP contribution >= 0.6 is 0 Å². The molecule has 12 heteroatoms. The van der Waals surface area contributed by atoms with E-state index in [2.05, 4.69) is 10.1 Å². The van der Waals surface area contributed by atoms with Gasteiger partial charge in [-0.15, -0.1) is 0 Å². The van der Waals surface area contributed by atoms with Gasteiger partial charge in [0.15, 0.2) is 0 Å². The maximum absolute atomic E-state index is 14.6. The molecule has 0 saturated heterocycles. The van der Waals surface area contributed by atoms with Crippen molar-refractivity contribution in [2.24, 2.45) is 5.14 Å². The largest absolute Gasteiger partial charge is 0.383 e. The van der Waals surface area contributed by atoms with Crippen molar-refractivity contribution in [3.05, 3.63) is 77.9 Å². The van der Waals surface area contributed by atoms with E-state index in [-0.39, 0.29) is 17.0 Å². The van der Waals surface area contributed by atoms with Gasteiger partial charge in [0.05, 0.1) is 11.4 Å². The number of nitrogens with zero attached hydrogens (tertiary/aromatic N) is 3. The summed E-state index contributed by atoms with van der Waals surface area (Å²) in [7, 11) is -9.44. The fourth-order valence-corrected chi connectivity index (χ4v) is 8.06. The number of benzene rings is 2. The van der Waals surface area contributed by atoms with Crippen LogP contribution in [0.4, 0.5) is 8.78 Å². The molecule has 1 atom stereocenters. The SMILES string of the molecule is Cc1ccc(S(=O)(=O)S(C)(N)(=O)CC[C@](O)(Cn2cncn2)c2ccc(F)cc2F)cc1. The zero-order valence-corrected chi connectivity index (χ0v) is 19.1. The first-order valence-corrected chi connectivity index (χ1v) is 14.1. The molecule has 1 heterocycles. The van der Waals surface area contributed by atoms with E-state index in [9.17, 15) is 26.5 Å². The number of aliphatic hydroxyl groups is 1. The van der Waals surface area contributed by atoms with E-state index in [1.807, 2.05) is 0 Å². The molecule has 0 aliphatic rings. The minimum absolute atomic E-state index is 0.224. The first-order valence-electron chi connectivity index (χ1n) is 9.47. The number of aryl methyl sites for hydroxylation is 1. The second-order valence-electron chi connectivity index (χ2n) is 7.99. The summed E-state index contributed by atoms with van der Waals surface area (Å²) in [6.07, 6.45) is 2.86. The monoisotopic (exact) mass is 486 g/mol. The zero-order valence-electron chi connectivity index (χ0n) is 17.5. The molecule has 0 radical (unpaired) electrons. The van der Waals surface area contributed by atoms with E-state index in [0.29, 0.717) is 6.07 Å². The smallest absolute Gasteiger partial charge is 0.247 e. The van der Waals surface area contributed by atoms with Crippen LogP contribution in [-0.2, 0) is 29.3 Å². The lowest BCUT2D eigenvalue weighted by Crippen LogP contribution is -2.53. The number of halogens is 2. The van der Waals surface area contributed by atoms with E-state index in [0.717, 1.165) is 24.0 Å². The van der Waals surface area contributed by atoms with Gasteiger partial charge in [0, 0.05) is 31.9 Å². The van der Waals surface area contributed by atoms with Crippen LogP contribution in [0.25, 0.3) is 0 Å². The van der Waals surface area contributed by atoms with Gasteiger partial charge in [-0.2, -0.15) is 5.10 Å². The minimum atomic E-state index is -4.94. The third kappa shape index (κ3) is 4.63. The van der Waals surface area contributed by atoms with Crippen LogP contribution in [0.5, 0.6) is 0 Å². The van der Waals surface area contributed by atoms with Gasteiger partial charge in [0.2, 0.25) is 8.87 Å². The molecule has 3 rings (SSSR count). The summed E-state index contributed by atoms with van der Waals surface area (Å²) in [6.45, 7) is 1.41. The summed E-state index contributed by atoms with van der Waals surface area (Å²) in [5, 5.41) is 21.2. The molecule has 0 spiro atoms.